The zero-order valence-electron chi connectivity index (χ0n) is 41.8. The molecule has 0 radical (unpaired) electrons. The molecule has 0 aliphatic heterocycles. The Morgan fingerprint density at radius 2 is 1.18 bits per heavy atom. The summed E-state index contributed by atoms with van der Waals surface area (Å²) >= 11 is 11.0. The van der Waals surface area contributed by atoms with Crippen molar-refractivity contribution in [2.45, 2.75) is 183 Å². The fourth-order valence-electron chi connectivity index (χ4n) is 9.46. The molecular formula is C57H75FO2S6. The Morgan fingerprint density at radius 1 is 0.621 bits per heavy atom. The number of halogens is 1. The number of fused-ring (bicyclic) bond motifs is 3. The van der Waals surface area contributed by atoms with E-state index in [4.69, 9.17) is 4.74 Å². The number of unbranched alkanes of at least 4 members (excludes halogenated alkanes) is 6. The summed E-state index contributed by atoms with van der Waals surface area (Å²) in [5, 5.41) is 3.32. The molecule has 6 aromatic heterocycles. The zero-order chi connectivity index (χ0) is 47.3. The zero-order valence-corrected chi connectivity index (χ0v) is 46.7. The summed E-state index contributed by atoms with van der Waals surface area (Å²) in [5.41, 5.74) is 2.43. The molecule has 1 aromatic carbocycles. The minimum atomic E-state index is -0.309. The molecule has 0 fully saturated rings. The lowest BCUT2D eigenvalue weighted by Crippen LogP contribution is -2.09. The number of benzene rings is 1. The number of carbonyl (C=O) groups is 1. The van der Waals surface area contributed by atoms with Crippen molar-refractivity contribution in [1.29, 1.82) is 0 Å². The maximum Gasteiger partial charge on any atom is 0.175 e. The minimum Gasteiger partial charge on any atom is -0.385 e. The Morgan fingerprint density at radius 3 is 1.73 bits per heavy atom. The quantitative estimate of drug-likeness (QED) is 0.0445. The van der Waals surface area contributed by atoms with Crippen LogP contribution in [0.4, 0.5) is 4.39 Å². The lowest BCUT2D eigenvalue weighted by molar-refractivity contribution is 0.0979. The second kappa shape index (κ2) is 22.7. The van der Waals surface area contributed by atoms with Gasteiger partial charge in [0, 0.05) is 91.0 Å². The van der Waals surface area contributed by atoms with Gasteiger partial charge in [-0.2, -0.15) is 0 Å². The van der Waals surface area contributed by atoms with E-state index in [1.54, 1.807) is 18.4 Å². The summed E-state index contributed by atoms with van der Waals surface area (Å²) in [6.07, 6.45) is 17.7. The van der Waals surface area contributed by atoms with Crippen LogP contribution >= 0.6 is 68.0 Å². The van der Waals surface area contributed by atoms with Crippen molar-refractivity contribution in [3.05, 3.63) is 66.6 Å². The molecule has 7 rings (SSSR count). The van der Waals surface area contributed by atoms with Crippen LogP contribution in [0, 0.1) is 17.7 Å². The molecule has 2 nitrogen and oxygen atoms in total. The van der Waals surface area contributed by atoms with Gasteiger partial charge in [-0.25, -0.2) is 4.39 Å². The van der Waals surface area contributed by atoms with Crippen LogP contribution in [0.15, 0.2) is 36.4 Å². The molecule has 0 amide bonds. The average Bonchev–Trinajstić information content (AvgIpc) is 4.14. The second-order valence-electron chi connectivity index (χ2n) is 20.9. The Balaban J connectivity index is 1.42. The Bertz CT molecular complexity index is 2580. The van der Waals surface area contributed by atoms with E-state index in [9.17, 15) is 4.79 Å². The van der Waals surface area contributed by atoms with Crippen LogP contribution in [-0.4, -0.2) is 19.5 Å². The number of Topliss-reactive ketones (excluding diaryl/α,β-unsaturated/α-hetero) is 1. The third-order valence-corrected chi connectivity index (χ3v) is 21.6. The van der Waals surface area contributed by atoms with E-state index in [-0.39, 0.29) is 22.4 Å². The van der Waals surface area contributed by atoms with Gasteiger partial charge >= 0.3 is 0 Å². The molecule has 0 spiro atoms. The number of hydrogen-bond donors (Lipinski definition) is 0. The number of carbonyl (C=O) groups excluding carboxylic acids is 1. The molecule has 358 valence electrons. The van der Waals surface area contributed by atoms with E-state index in [2.05, 4.69) is 106 Å². The van der Waals surface area contributed by atoms with Crippen LogP contribution in [0.2, 0.25) is 0 Å². The maximum absolute atomic E-state index is 16.9. The van der Waals surface area contributed by atoms with Crippen molar-refractivity contribution < 1.29 is 13.9 Å². The molecule has 0 saturated carbocycles. The van der Waals surface area contributed by atoms with E-state index in [0.717, 1.165) is 66.0 Å². The van der Waals surface area contributed by atoms with Crippen LogP contribution in [0.25, 0.3) is 60.9 Å². The summed E-state index contributed by atoms with van der Waals surface area (Å²) < 4.78 is 25.8. The van der Waals surface area contributed by atoms with Gasteiger partial charge in [0.2, 0.25) is 0 Å². The monoisotopic (exact) mass is 1000 g/mol. The van der Waals surface area contributed by atoms with Gasteiger partial charge in [0.05, 0.1) is 9.58 Å². The smallest absolute Gasteiger partial charge is 0.175 e. The van der Waals surface area contributed by atoms with Gasteiger partial charge < -0.3 is 4.74 Å². The van der Waals surface area contributed by atoms with Crippen LogP contribution < -0.4 is 0 Å². The van der Waals surface area contributed by atoms with E-state index < -0.39 is 0 Å². The topological polar surface area (TPSA) is 26.3 Å². The van der Waals surface area contributed by atoms with Gasteiger partial charge in [-0.3, -0.25) is 4.79 Å². The third-order valence-electron chi connectivity index (χ3n) is 13.5. The molecule has 7 aromatic rings. The molecule has 9 heteroatoms. The van der Waals surface area contributed by atoms with Crippen molar-refractivity contribution in [3.63, 3.8) is 0 Å². The first-order chi connectivity index (χ1) is 31.6. The molecule has 2 unspecified atom stereocenters. The van der Waals surface area contributed by atoms with Crippen molar-refractivity contribution in [1.82, 2.24) is 0 Å². The van der Waals surface area contributed by atoms with Gasteiger partial charge in [-0.1, -0.05) is 140 Å². The van der Waals surface area contributed by atoms with Gasteiger partial charge in [0.25, 0.3) is 0 Å². The Labute approximate surface area is 420 Å². The summed E-state index contributed by atoms with van der Waals surface area (Å²) in [7, 11) is 1.74. The predicted molar refractivity (Wildman–Crippen MR) is 298 cm³/mol. The molecule has 0 saturated heterocycles. The first kappa shape index (κ1) is 51.6. The highest BCUT2D eigenvalue weighted by molar-refractivity contribution is 7.32. The van der Waals surface area contributed by atoms with Crippen LogP contribution in [0.3, 0.4) is 0 Å². The normalized spacial score (nSPS) is 13.6. The number of ether oxygens (including phenoxy) is 1. The van der Waals surface area contributed by atoms with Gasteiger partial charge in [-0.05, 0) is 84.7 Å². The molecule has 2 atom stereocenters. The molecule has 0 N–H and O–H groups in total. The number of thiophene rings is 6. The van der Waals surface area contributed by atoms with Crippen molar-refractivity contribution >= 4 is 104 Å². The summed E-state index contributed by atoms with van der Waals surface area (Å²) in [6, 6.07) is 14.6. The fraction of sp³-hybridized carbons (Fsp3) is 0.561. The van der Waals surface area contributed by atoms with Crippen LogP contribution in [0.1, 0.15) is 188 Å². The van der Waals surface area contributed by atoms with Crippen molar-refractivity contribution in [3.8, 4) is 30.6 Å². The molecule has 0 aliphatic rings. The first-order valence-corrected chi connectivity index (χ1v) is 30.0. The first-order valence-electron chi connectivity index (χ1n) is 25.1. The molecule has 0 aliphatic carbocycles. The average molecular weight is 1000 g/mol. The van der Waals surface area contributed by atoms with Crippen LogP contribution in [-0.2, 0) is 28.4 Å². The Hall–Kier alpha value is -2.24. The lowest BCUT2D eigenvalue weighted by Gasteiger charge is -2.16. The molecule has 6 heterocycles. The number of methoxy groups -OCH3 is 1. The summed E-state index contributed by atoms with van der Waals surface area (Å²) in [4.78, 5) is 24.5. The van der Waals surface area contributed by atoms with E-state index in [1.807, 2.05) is 45.3 Å². The van der Waals surface area contributed by atoms with Gasteiger partial charge in [0.15, 0.2) is 11.6 Å². The van der Waals surface area contributed by atoms with Crippen molar-refractivity contribution in [2.24, 2.45) is 11.8 Å². The standard InChI is InChI=1S/C57H75FO2S6/c1-12-16-23-35(14-3)31-37-26-28-42(61-37)46-39-33-44(53-54-48(55(66-53)57(8,9)10)49(58)52(65-54)41(59)25-21-19-18-20-22-30-60-11)63-50(39)47(40-34-45(56(5,6)7)64-51(40)46)43-29-27-38(62-43)32-36(15-4)24-17-13-2/h26-29,33-36H,12-25,30-32H2,1-11H3. The summed E-state index contributed by atoms with van der Waals surface area (Å²) in [5.74, 6) is 1.04. The fourth-order valence-corrected chi connectivity index (χ4v) is 17.3. The largest absolute Gasteiger partial charge is 0.385 e. The SMILES string of the molecule is CCCCC(CC)Cc1ccc(-c2c3cc(C(C)(C)C)sc3c(-c3ccc(CC(CC)CCCC)s3)c3cc(-c4sc(C(C)(C)C)c5c(F)c(C(=O)CCCCCCCOC)sc45)sc23)s1. The number of rotatable bonds is 24. The van der Waals surface area contributed by atoms with E-state index in [0.29, 0.717) is 28.5 Å². The number of hydrogen-bond acceptors (Lipinski definition) is 8. The molecule has 66 heavy (non-hydrogen) atoms. The molecular weight excluding hydrogens is 928 g/mol. The second-order valence-corrected chi connectivity index (χ2v) is 27.4. The van der Waals surface area contributed by atoms with Gasteiger partial charge in [-0.15, -0.1) is 68.0 Å². The maximum atomic E-state index is 16.9. The van der Waals surface area contributed by atoms with E-state index in [1.165, 1.54) is 123 Å². The minimum absolute atomic E-state index is 0.00760. The lowest BCUT2D eigenvalue weighted by atomic mass is 9.92. The van der Waals surface area contributed by atoms with Crippen molar-refractivity contribution in [2.75, 3.05) is 13.7 Å². The highest BCUT2D eigenvalue weighted by Crippen LogP contribution is 2.57. The third kappa shape index (κ3) is 11.5. The van der Waals surface area contributed by atoms with Gasteiger partial charge in [0.1, 0.15) is 4.88 Å². The summed E-state index contributed by atoms with van der Waals surface area (Å²) in [6.45, 7) is 23.7. The Kier molecular flexibility index (Phi) is 17.7. The molecule has 0 bridgehead atoms. The van der Waals surface area contributed by atoms with Crippen LogP contribution in [0.5, 0.6) is 0 Å². The highest BCUT2D eigenvalue weighted by Gasteiger charge is 2.32. The van der Waals surface area contributed by atoms with E-state index >= 15 is 4.39 Å². The number of ketones is 1. The predicted octanol–water partition coefficient (Wildman–Crippen LogP) is 20.9. The highest BCUT2D eigenvalue weighted by atomic mass is 32.1.